The molecule has 0 aliphatic carbocycles. The third-order valence-corrected chi connectivity index (χ3v) is 3.09. The summed E-state index contributed by atoms with van der Waals surface area (Å²) in [7, 11) is 0. The Balaban J connectivity index is 2.05. The highest BCUT2D eigenvalue weighted by atomic mass is 16.3. The van der Waals surface area contributed by atoms with Gasteiger partial charge in [-0.1, -0.05) is 42.5 Å². The Morgan fingerprint density at radius 2 is 1.89 bits per heavy atom. The van der Waals surface area contributed by atoms with Crippen molar-refractivity contribution in [2.45, 2.75) is 6.42 Å². The largest absolute Gasteiger partial charge is 0.503 e. The third-order valence-electron chi connectivity index (χ3n) is 3.09. The fourth-order valence-electron chi connectivity index (χ4n) is 2.17. The summed E-state index contributed by atoms with van der Waals surface area (Å²) in [5.41, 5.74) is 1.17. The summed E-state index contributed by atoms with van der Waals surface area (Å²) in [6.45, 7) is 0. The lowest BCUT2D eigenvalue weighted by Crippen LogP contribution is -2.09. The van der Waals surface area contributed by atoms with Crippen LogP contribution in [0.5, 0.6) is 5.75 Å². The smallest absolute Gasteiger partial charge is 0.306 e. The molecule has 4 nitrogen and oxygen atoms in total. The van der Waals surface area contributed by atoms with E-state index in [9.17, 15) is 9.90 Å². The molecule has 0 saturated carbocycles. The summed E-state index contributed by atoms with van der Waals surface area (Å²) in [4.78, 5) is 11.1. The van der Waals surface area contributed by atoms with Crippen LogP contribution < -0.4 is 5.56 Å². The van der Waals surface area contributed by atoms with Gasteiger partial charge in [-0.05, 0) is 16.3 Å². The highest BCUT2D eigenvalue weighted by Gasteiger charge is 2.05. The van der Waals surface area contributed by atoms with Crippen LogP contribution in [0, 0.1) is 0 Å². The first-order valence-electron chi connectivity index (χ1n) is 5.98. The maximum Gasteiger partial charge on any atom is 0.306 e. The monoisotopic (exact) mass is 252 g/mol. The number of fused-ring (bicyclic) bond motifs is 1. The van der Waals surface area contributed by atoms with Crippen molar-refractivity contribution < 1.29 is 5.11 Å². The summed E-state index contributed by atoms with van der Waals surface area (Å²) in [6, 6.07) is 15.6. The topological polar surface area (TPSA) is 66.0 Å². The number of aromatic hydroxyl groups is 1. The van der Waals surface area contributed by atoms with E-state index in [-0.39, 0.29) is 5.75 Å². The molecule has 0 unspecified atom stereocenters. The zero-order valence-corrected chi connectivity index (χ0v) is 10.1. The molecule has 3 rings (SSSR count). The van der Waals surface area contributed by atoms with Crippen LogP contribution in [0.4, 0.5) is 0 Å². The van der Waals surface area contributed by atoms with Crippen LogP contribution in [0.3, 0.4) is 0 Å². The predicted octanol–water partition coefficient (Wildman–Crippen LogP) is 2.22. The molecule has 4 heteroatoms. The summed E-state index contributed by atoms with van der Waals surface area (Å²) < 4.78 is 0. The average Bonchev–Trinajstić information content (AvgIpc) is 2.43. The van der Waals surface area contributed by atoms with Crippen LogP contribution >= 0.6 is 0 Å². The SMILES string of the molecule is O=c1[nH]nc(Cc2cccc3ccccc23)cc1O. The summed E-state index contributed by atoms with van der Waals surface area (Å²) in [6.07, 6.45) is 0.561. The van der Waals surface area contributed by atoms with Gasteiger partial charge in [-0.15, -0.1) is 0 Å². The number of rotatable bonds is 2. The normalized spacial score (nSPS) is 10.7. The van der Waals surface area contributed by atoms with Crippen molar-refractivity contribution >= 4 is 10.8 Å². The number of nitrogens with one attached hydrogen (secondary N) is 1. The van der Waals surface area contributed by atoms with Gasteiger partial charge in [0, 0.05) is 12.5 Å². The van der Waals surface area contributed by atoms with Crippen LogP contribution in [-0.4, -0.2) is 15.3 Å². The van der Waals surface area contributed by atoms with E-state index >= 15 is 0 Å². The van der Waals surface area contributed by atoms with E-state index in [0.29, 0.717) is 12.1 Å². The van der Waals surface area contributed by atoms with Crippen molar-refractivity contribution in [2.75, 3.05) is 0 Å². The Labute approximate surface area is 109 Å². The van der Waals surface area contributed by atoms with E-state index in [2.05, 4.69) is 28.4 Å². The third kappa shape index (κ3) is 2.20. The first-order valence-corrected chi connectivity index (χ1v) is 5.98. The van der Waals surface area contributed by atoms with E-state index in [1.165, 1.54) is 6.07 Å². The van der Waals surface area contributed by atoms with Crippen molar-refractivity contribution in [2.24, 2.45) is 0 Å². The maximum atomic E-state index is 11.1. The second-order valence-corrected chi connectivity index (χ2v) is 4.39. The molecular formula is C15H12N2O2. The van der Waals surface area contributed by atoms with Gasteiger partial charge in [0.15, 0.2) is 5.75 Å². The second-order valence-electron chi connectivity index (χ2n) is 4.39. The molecule has 0 fully saturated rings. The van der Waals surface area contributed by atoms with Crippen molar-refractivity contribution in [1.29, 1.82) is 0 Å². The van der Waals surface area contributed by atoms with Gasteiger partial charge in [-0.2, -0.15) is 5.10 Å². The van der Waals surface area contributed by atoms with Gasteiger partial charge < -0.3 is 5.11 Å². The lowest BCUT2D eigenvalue weighted by Gasteiger charge is -2.06. The van der Waals surface area contributed by atoms with E-state index in [1.807, 2.05) is 24.3 Å². The van der Waals surface area contributed by atoms with Crippen LogP contribution in [0.1, 0.15) is 11.3 Å². The lowest BCUT2D eigenvalue weighted by atomic mass is 10.0. The molecule has 0 spiro atoms. The van der Waals surface area contributed by atoms with E-state index in [4.69, 9.17) is 0 Å². The second kappa shape index (κ2) is 4.57. The van der Waals surface area contributed by atoms with Crippen molar-refractivity contribution in [3.05, 3.63) is 70.1 Å². The minimum Gasteiger partial charge on any atom is -0.503 e. The molecule has 0 bridgehead atoms. The molecular weight excluding hydrogens is 240 g/mol. The number of hydrogen-bond donors (Lipinski definition) is 2. The first kappa shape index (κ1) is 11.5. The fraction of sp³-hybridized carbons (Fsp3) is 0.0667. The summed E-state index contributed by atoms with van der Waals surface area (Å²) in [5, 5.41) is 17.9. The maximum absolute atomic E-state index is 11.1. The Hall–Kier alpha value is -2.62. The number of H-pyrrole nitrogens is 1. The number of aromatic amines is 1. The van der Waals surface area contributed by atoms with Gasteiger partial charge in [-0.25, -0.2) is 5.10 Å². The Morgan fingerprint density at radius 1 is 1.11 bits per heavy atom. The number of aromatic nitrogens is 2. The lowest BCUT2D eigenvalue weighted by molar-refractivity contribution is 0.462. The standard InChI is InChI=1S/C15H12N2O2/c18-14-9-12(16-17-15(14)19)8-11-6-3-5-10-4-1-2-7-13(10)11/h1-7,9H,8H2,(H,16,18)(H,17,19). The van der Waals surface area contributed by atoms with Crippen molar-refractivity contribution in [3.63, 3.8) is 0 Å². The molecule has 0 atom stereocenters. The van der Waals surface area contributed by atoms with Crippen LogP contribution in [0.2, 0.25) is 0 Å². The van der Waals surface area contributed by atoms with Gasteiger partial charge in [-0.3, -0.25) is 4.79 Å². The summed E-state index contributed by atoms with van der Waals surface area (Å²) in [5.74, 6) is -0.301. The number of benzene rings is 2. The molecule has 19 heavy (non-hydrogen) atoms. The zero-order valence-electron chi connectivity index (χ0n) is 10.1. The molecule has 2 aromatic carbocycles. The Bertz CT molecular complexity index is 788. The molecule has 0 saturated heterocycles. The van der Waals surface area contributed by atoms with Gasteiger partial charge in [0.05, 0.1) is 5.69 Å². The Morgan fingerprint density at radius 3 is 2.74 bits per heavy atom. The molecule has 0 aliphatic heterocycles. The Kier molecular flexibility index (Phi) is 2.76. The molecule has 3 aromatic rings. The highest BCUT2D eigenvalue weighted by Crippen LogP contribution is 2.20. The van der Waals surface area contributed by atoms with E-state index in [1.54, 1.807) is 0 Å². The van der Waals surface area contributed by atoms with Gasteiger partial charge in [0.2, 0.25) is 0 Å². The average molecular weight is 252 g/mol. The van der Waals surface area contributed by atoms with Crippen LogP contribution in [-0.2, 0) is 6.42 Å². The van der Waals surface area contributed by atoms with Gasteiger partial charge in [0.25, 0.3) is 0 Å². The minimum absolute atomic E-state index is 0.301. The summed E-state index contributed by atoms with van der Waals surface area (Å²) >= 11 is 0. The molecule has 1 heterocycles. The van der Waals surface area contributed by atoms with E-state index < -0.39 is 5.56 Å². The number of hydrogen-bond acceptors (Lipinski definition) is 3. The van der Waals surface area contributed by atoms with E-state index in [0.717, 1.165) is 16.3 Å². The fourth-order valence-corrected chi connectivity index (χ4v) is 2.17. The molecule has 0 radical (unpaired) electrons. The molecule has 0 aliphatic rings. The van der Waals surface area contributed by atoms with Crippen LogP contribution in [0.25, 0.3) is 10.8 Å². The zero-order chi connectivity index (χ0) is 13.2. The molecule has 94 valence electrons. The van der Waals surface area contributed by atoms with Crippen molar-refractivity contribution in [3.8, 4) is 5.75 Å². The van der Waals surface area contributed by atoms with Gasteiger partial charge in [0.1, 0.15) is 0 Å². The number of nitrogens with zero attached hydrogens (tertiary/aromatic N) is 1. The van der Waals surface area contributed by atoms with Crippen molar-refractivity contribution in [1.82, 2.24) is 10.2 Å². The molecule has 0 amide bonds. The predicted molar refractivity (Wildman–Crippen MR) is 73.3 cm³/mol. The van der Waals surface area contributed by atoms with Crippen LogP contribution in [0.15, 0.2) is 53.3 Å². The highest BCUT2D eigenvalue weighted by molar-refractivity contribution is 5.85. The minimum atomic E-state index is -0.568. The molecule has 1 aromatic heterocycles. The molecule has 2 N–H and O–H groups in total. The van der Waals surface area contributed by atoms with Gasteiger partial charge >= 0.3 is 5.56 Å². The quantitative estimate of drug-likeness (QED) is 0.735. The first-order chi connectivity index (χ1) is 9.24.